The minimum Gasteiger partial charge on any atom is -0.493 e. The summed E-state index contributed by atoms with van der Waals surface area (Å²) >= 11 is 0. The first-order valence-corrected chi connectivity index (χ1v) is 4.81. The summed E-state index contributed by atoms with van der Waals surface area (Å²) in [6, 6.07) is 13.7. The Morgan fingerprint density at radius 2 is 1.93 bits per heavy atom. The molecule has 0 atom stereocenters. The molecule has 0 aliphatic carbocycles. The first-order chi connectivity index (χ1) is 7.45. The number of hydrogen-bond donors (Lipinski definition) is 0. The van der Waals surface area contributed by atoms with Gasteiger partial charge >= 0.3 is 0 Å². The molecule has 1 aromatic heterocycles. The van der Waals surface area contributed by atoms with Crippen LogP contribution in [0.4, 0.5) is 0 Å². The van der Waals surface area contributed by atoms with Crippen LogP contribution in [0.15, 0.2) is 59.4 Å². The lowest BCUT2D eigenvalue weighted by molar-refractivity contribution is 0.212. The van der Waals surface area contributed by atoms with Gasteiger partial charge in [-0.1, -0.05) is 30.3 Å². The van der Waals surface area contributed by atoms with Crippen molar-refractivity contribution in [2.24, 2.45) is 0 Å². The molecule has 0 aliphatic heterocycles. The van der Waals surface area contributed by atoms with Crippen LogP contribution in [0, 0.1) is 0 Å². The molecule has 2 rings (SSSR count). The van der Waals surface area contributed by atoms with Crippen LogP contribution in [0.1, 0.15) is 11.3 Å². The van der Waals surface area contributed by atoms with Gasteiger partial charge < -0.3 is 9.15 Å². The predicted molar refractivity (Wildman–Crippen MR) is 59.0 cm³/mol. The highest BCUT2D eigenvalue weighted by Crippen LogP contribution is 2.04. The van der Waals surface area contributed by atoms with Crippen LogP contribution < -0.4 is 0 Å². The van der Waals surface area contributed by atoms with Crippen molar-refractivity contribution in [1.82, 2.24) is 0 Å². The molecule has 0 radical (unpaired) electrons. The van der Waals surface area contributed by atoms with E-state index in [1.807, 2.05) is 48.5 Å². The van der Waals surface area contributed by atoms with Gasteiger partial charge in [0.2, 0.25) is 0 Å². The van der Waals surface area contributed by atoms with Gasteiger partial charge in [-0.05, 0) is 23.8 Å². The van der Waals surface area contributed by atoms with Crippen molar-refractivity contribution in [3.63, 3.8) is 0 Å². The summed E-state index contributed by atoms with van der Waals surface area (Å²) in [5, 5.41) is 0. The zero-order valence-corrected chi connectivity index (χ0v) is 8.30. The standard InChI is InChI=1S/C13H12O2/c1-2-5-12(6-3-1)8-10-14-11-13-7-4-9-15-13/h1-10H,11H2/b10-8+. The Labute approximate surface area is 88.8 Å². The number of benzene rings is 1. The van der Waals surface area contributed by atoms with Crippen molar-refractivity contribution in [3.8, 4) is 0 Å². The van der Waals surface area contributed by atoms with Gasteiger partial charge in [0.15, 0.2) is 0 Å². The lowest BCUT2D eigenvalue weighted by Crippen LogP contribution is -1.81. The van der Waals surface area contributed by atoms with E-state index in [1.54, 1.807) is 12.5 Å². The minimum atomic E-state index is 0.469. The summed E-state index contributed by atoms with van der Waals surface area (Å²) in [6.45, 7) is 0.469. The Bertz CT molecular complexity index is 401. The highest BCUT2D eigenvalue weighted by molar-refractivity contribution is 5.47. The second-order valence-corrected chi connectivity index (χ2v) is 3.10. The van der Waals surface area contributed by atoms with Gasteiger partial charge in [-0.3, -0.25) is 0 Å². The number of hydrogen-bond acceptors (Lipinski definition) is 2. The Hall–Kier alpha value is -1.96. The van der Waals surface area contributed by atoms with Crippen molar-refractivity contribution < 1.29 is 9.15 Å². The minimum absolute atomic E-state index is 0.469. The Balaban J connectivity index is 1.81. The van der Waals surface area contributed by atoms with Gasteiger partial charge in [-0.2, -0.15) is 0 Å². The summed E-state index contributed by atoms with van der Waals surface area (Å²) < 4.78 is 10.4. The van der Waals surface area contributed by atoms with Crippen LogP contribution in [-0.2, 0) is 11.3 Å². The number of ether oxygens (including phenoxy) is 1. The lowest BCUT2D eigenvalue weighted by atomic mass is 10.2. The molecule has 1 heterocycles. The maximum atomic E-state index is 5.31. The van der Waals surface area contributed by atoms with Gasteiger partial charge in [0.05, 0.1) is 12.5 Å². The molecule has 2 heteroatoms. The lowest BCUT2D eigenvalue weighted by Gasteiger charge is -1.96. The van der Waals surface area contributed by atoms with E-state index in [2.05, 4.69) is 0 Å². The third-order valence-corrected chi connectivity index (χ3v) is 1.96. The second kappa shape index (κ2) is 5.05. The first-order valence-electron chi connectivity index (χ1n) is 4.81. The van der Waals surface area contributed by atoms with E-state index >= 15 is 0 Å². The molecule has 2 nitrogen and oxygen atoms in total. The summed E-state index contributed by atoms with van der Waals surface area (Å²) in [7, 11) is 0. The average Bonchev–Trinajstić information content (AvgIpc) is 2.79. The third-order valence-electron chi connectivity index (χ3n) is 1.96. The van der Waals surface area contributed by atoms with Crippen LogP contribution >= 0.6 is 0 Å². The summed E-state index contributed by atoms with van der Waals surface area (Å²) in [5.41, 5.74) is 1.12. The zero-order chi connectivity index (χ0) is 10.3. The highest BCUT2D eigenvalue weighted by atomic mass is 16.5. The van der Waals surface area contributed by atoms with E-state index in [4.69, 9.17) is 9.15 Å². The van der Waals surface area contributed by atoms with E-state index < -0.39 is 0 Å². The smallest absolute Gasteiger partial charge is 0.145 e. The SMILES string of the molecule is C(=C\c1ccccc1)/OCc1ccco1. The Kier molecular flexibility index (Phi) is 3.23. The van der Waals surface area contributed by atoms with Crippen molar-refractivity contribution in [3.05, 3.63) is 66.3 Å². The molecule has 0 amide bonds. The molecule has 0 N–H and O–H groups in total. The largest absolute Gasteiger partial charge is 0.493 e. The fourth-order valence-electron chi connectivity index (χ4n) is 1.22. The normalized spacial score (nSPS) is 10.7. The molecule has 0 fully saturated rings. The molecule has 0 saturated heterocycles. The third kappa shape index (κ3) is 3.02. The molecular weight excluding hydrogens is 188 g/mol. The zero-order valence-electron chi connectivity index (χ0n) is 8.30. The summed E-state index contributed by atoms with van der Waals surface area (Å²) in [5.74, 6) is 0.827. The van der Waals surface area contributed by atoms with Gasteiger partial charge in [0.25, 0.3) is 0 Å². The Morgan fingerprint density at radius 3 is 2.67 bits per heavy atom. The van der Waals surface area contributed by atoms with Gasteiger partial charge in [-0.25, -0.2) is 0 Å². The molecule has 2 aromatic rings. The van der Waals surface area contributed by atoms with Crippen LogP contribution in [0.2, 0.25) is 0 Å². The van der Waals surface area contributed by atoms with Gasteiger partial charge in [0, 0.05) is 0 Å². The average molecular weight is 200 g/mol. The molecule has 0 unspecified atom stereocenters. The topological polar surface area (TPSA) is 22.4 Å². The van der Waals surface area contributed by atoms with Crippen LogP contribution in [0.25, 0.3) is 6.08 Å². The molecular formula is C13H12O2. The van der Waals surface area contributed by atoms with Crippen LogP contribution in [-0.4, -0.2) is 0 Å². The highest BCUT2D eigenvalue weighted by Gasteiger charge is 1.91. The van der Waals surface area contributed by atoms with E-state index in [-0.39, 0.29) is 0 Å². The monoisotopic (exact) mass is 200 g/mol. The van der Waals surface area contributed by atoms with E-state index in [0.717, 1.165) is 11.3 Å². The van der Waals surface area contributed by atoms with Crippen molar-refractivity contribution in [2.75, 3.05) is 0 Å². The van der Waals surface area contributed by atoms with Crippen LogP contribution in [0.3, 0.4) is 0 Å². The molecule has 76 valence electrons. The quantitative estimate of drug-likeness (QED) is 0.705. The van der Waals surface area contributed by atoms with E-state index in [9.17, 15) is 0 Å². The molecule has 0 saturated carbocycles. The Morgan fingerprint density at radius 1 is 1.07 bits per heavy atom. The fourth-order valence-corrected chi connectivity index (χ4v) is 1.22. The number of furan rings is 1. The number of rotatable bonds is 4. The summed E-state index contributed by atoms with van der Waals surface area (Å²) in [6.07, 6.45) is 5.24. The van der Waals surface area contributed by atoms with Gasteiger partial charge in [-0.15, -0.1) is 0 Å². The fraction of sp³-hybridized carbons (Fsp3) is 0.0769. The van der Waals surface area contributed by atoms with Crippen LogP contribution in [0.5, 0.6) is 0 Å². The maximum Gasteiger partial charge on any atom is 0.145 e. The maximum absolute atomic E-state index is 5.31. The molecule has 0 spiro atoms. The molecule has 15 heavy (non-hydrogen) atoms. The van der Waals surface area contributed by atoms with E-state index in [1.165, 1.54) is 0 Å². The molecule has 1 aromatic carbocycles. The predicted octanol–water partition coefficient (Wildman–Crippen LogP) is 3.47. The molecule has 0 bridgehead atoms. The van der Waals surface area contributed by atoms with Crippen molar-refractivity contribution in [2.45, 2.75) is 6.61 Å². The van der Waals surface area contributed by atoms with Crippen molar-refractivity contribution in [1.29, 1.82) is 0 Å². The second-order valence-electron chi connectivity index (χ2n) is 3.10. The van der Waals surface area contributed by atoms with E-state index in [0.29, 0.717) is 6.61 Å². The first kappa shape index (κ1) is 9.59. The van der Waals surface area contributed by atoms with Gasteiger partial charge in [0.1, 0.15) is 12.4 Å². The summed E-state index contributed by atoms with van der Waals surface area (Å²) in [4.78, 5) is 0. The molecule has 0 aliphatic rings. The van der Waals surface area contributed by atoms with Crippen molar-refractivity contribution >= 4 is 6.08 Å².